The van der Waals surface area contributed by atoms with E-state index in [9.17, 15) is 4.79 Å². The molecular weight excluding hydrogens is 254 g/mol. The fourth-order valence-electron chi connectivity index (χ4n) is 2.99. The Balaban J connectivity index is 2.49. The van der Waals surface area contributed by atoms with Gasteiger partial charge in [0.15, 0.2) is 0 Å². The summed E-state index contributed by atoms with van der Waals surface area (Å²) < 4.78 is 0. The quantitative estimate of drug-likeness (QED) is 0.778. The van der Waals surface area contributed by atoms with Crippen molar-refractivity contribution in [1.29, 1.82) is 0 Å². The molecule has 0 bridgehead atoms. The third-order valence-electron chi connectivity index (χ3n) is 3.86. The molecule has 0 atom stereocenters. The lowest BCUT2D eigenvalue weighted by Crippen LogP contribution is -2.47. The van der Waals surface area contributed by atoms with Gasteiger partial charge in [-0.1, -0.05) is 0 Å². The van der Waals surface area contributed by atoms with Crippen LogP contribution in [0, 0.1) is 0 Å². The average molecular weight is 285 g/mol. The van der Waals surface area contributed by atoms with Gasteiger partial charge in [-0.05, 0) is 47.2 Å². The Kier molecular flexibility index (Phi) is 7.48. The van der Waals surface area contributed by atoms with Gasteiger partial charge in [-0.2, -0.15) is 0 Å². The van der Waals surface area contributed by atoms with Crippen LogP contribution in [0.2, 0.25) is 0 Å². The monoisotopic (exact) mass is 285 g/mol. The van der Waals surface area contributed by atoms with Gasteiger partial charge in [-0.3, -0.25) is 14.6 Å². The smallest absolute Gasteiger partial charge is 0.237 e. The van der Waals surface area contributed by atoms with Crippen LogP contribution in [0.4, 0.5) is 0 Å². The number of β-amino-alcohol motifs (C(OH)–C–C–N with tert-alkyl or cyclic N) is 1. The minimum absolute atomic E-state index is 0.216. The molecular formula is C15H31N3O2. The first kappa shape index (κ1) is 17.4. The summed E-state index contributed by atoms with van der Waals surface area (Å²) in [6.07, 6.45) is 1.07. The second-order valence-electron chi connectivity index (χ2n) is 6.18. The summed E-state index contributed by atoms with van der Waals surface area (Å²) in [4.78, 5) is 18.9. The van der Waals surface area contributed by atoms with Gasteiger partial charge in [0.2, 0.25) is 5.91 Å². The third-order valence-corrected chi connectivity index (χ3v) is 3.86. The Bertz CT molecular complexity index is 287. The van der Waals surface area contributed by atoms with Crippen LogP contribution < -0.4 is 0 Å². The first-order valence-corrected chi connectivity index (χ1v) is 7.82. The number of aliphatic hydroxyl groups excluding tert-OH is 1. The number of hydrogen-bond donors (Lipinski definition) is 1. The van der Waals surface area contributed by atoms with E-state index in [1.54, 1.807) is 0 Å². The fraction of sp³-hybridized carbons (Fsp3) is 0.933. The second-order valence-corrected chi connectivity index (χ2v) is 6.18. The highest BCUT2D eigenvalue weighted by Crippen LogP contribution is 2.08. The van der Waals surface area contributed by atoms with E-state index in [-0.39, 0.29) is 24.6 Å². The molecule has 1 N–H and O–H groups in total. The maximum Gasteiger partial charge on any atom is 0.237 e. The summed E-state index contributed by atoms with van der Waals surface area (Å²) in [5.74, 6) is 0.227. The Morgan fingerprint density at radius 1 is 1.05 bits per heavy atom. The summed E-state index contributed by atoms with van der Waals surface area (Å²) >= 11 is 0. The summed E-state index contributed by atoms with van der Waals surface area (Å²) in [5, 5.41) is 9.00. The topological polar surface area (TPSA) is 47.0 Å². The predicted octanol–water partition coefficient (Wildman–Crippen LogP) is 0.632. The molecule has 1 aliphatic heterocycles. The molecule has 1 rings (SSSR count). The minimum atomic E-state index is 0.216. The van der Waals surface area contributed by atoms with E-state index in [2.05, 4.69) is 37.5 Å². The standard InChI is InChI=1S/C15H31N3O2/c1-13(2)18(14(3)4)15(20)12-17-7-5-6-16(8-9-17)10-11-19/h13-14,19H,5-12H2,1-4H3. The van der Waals surface area contributed by atoms with Gasteiger partial charge in [-0.25, -0.2) is 0 Å². The average Bonchev–Trinajstić information content (AvgIpc) is 2.54. The summed E-state index contributed by atoms with van der Waals surface area (Å²) in [7, 11) is 0. The Hall–Kier alpha value is -0.650. The van der Waals surface area contributed by atoms with E-state index in [4.69, 9.17) is 5.11 Å². The molecule has 0 aromatic carbocycles. The molecule has 1 aliphatic rings. The van der Waals surface area contributed by atoms with Gasteiger partial charge in [0.25, 0.3) is 0 Å². The van der Waals surface area contributed by atoms with Crippen molar-refractivity contribution in [3.05, 3.63) is 0 Å². The predicted molar refractivity (Wildman–Crippen MR) is 81.7 cm³/mol. The Morgan fingerprint density at radius 2 is 1.60 bits per heavy atom. The largest absolute Gasteiger partial charge is 0.395 e. The van der Waals surface area contributed by atoms with Crippen LogP contribution in [0.3, 0.4) is 0 Å². The van der Waals surface area contributed by atoms with Crippen LogP contribution in [-0.2, 0) is 4.79 Å². The van der Waals surface area contributed by atoms with E-state index in [1.165, 1.54) is 0 Å². The molecule has 5 heteroatoms. The van der Waals surface area contributed by atoms with Gasteiger partial charge in [-0.15, -0.1) is 0 Å². The van der Waals surface area contributed by atoms with Crippen molar-refractivity contribution in [2.45, 2.75) is 46.2 Å². The van der Waals surface area contributed by atoms with Crippen molar-refractivity contribution >= 4 is 5.91 Å². The summed E-state index contributed by atoms with van der Waals surface area (Å²) in [5.41, 5.74) is 0. The molecule has 118 valence electrons. The zero-order valence-corrected chi connectivity index (χ0v) is 13.5. The van der Waals surface area contributed by atoms with Crippen LogP contribution in [0.5, 0.6) is 0 Å². The summed E-state index contributed by atoms with van der Waals surface area (Å²) in [6, 6.07) is 0.501. The van der Waals surface area contributed by atoms with Crippen molar-refractivity contribution < 1.29 is 9.90 Å². The van der Waals surface area contributed by atoms with E-state index < -0.39 is 0 Å². The molecule has 0 aromatic rings. The van der Waals surface area contributed by atoms with Crippen molar-refractivity contribution in [3.8, 4) is 0 Å². The molecule has 1 saturated heterocycles. The Morgan fingerprint density at radius 3 is 2.15 bits per heavy atom. The lowest BCUT2D eigenvalue weighted by atomic mass is 10.2. The molecule has 0 radical (unpaired) electrons. The molecule has 0 aromatic heterocycles. The fourth-order valence-corrected chi connectivity index (χ4v) is 2.99. The molecule has 1 amide bonds. The zero-order valence-electron chi connectivity index (χ0n) is 13.5. The van der Waals surface area contributed by atoms with Gasteiger partial charge in [0, 0.05) is 31.7 Å². The van der Waals surface area contributed by atoms with Crippen LogP contribution in [0.15, 0.2) is 0 Å². The van der Waals surface area contributed by atoms with E-state index in [0.717, 1.165) is 39.1 Å². The van der Waals surface area contributed by atoms with Crippen LogP contribution in [-0.4, -0.2) is 83.7 Å². The van der Waals surface area contributed by atoms with Crippen molar-refractivity contribution in [1.82, 2.24) is 14.7 Å². The van der Waals surface area contributed by atoms with Crippen molar-refractivity contribution in [2.75, 3.05) is 45.9 Å². The van der Waals surface area contributed by atoms with Gasteiger partial charge >= 0.3 is 0 Å². The molecule has 1 heterocycles. The lowest BCUT2D eigenvalue weighted by Gasteiger charge is -2.33. The van der Waals surface area contributed by atoms with Gasteiger partial charge in [0.1, 0.15) is 0 Å². The van der Waals surface area contributed by atoms with E-state index >= 15 is 0 Å². The highest BCUT2D eigenvalue weighted by Gasteiger charge is 2.23. The highest BCUT2D eigenvalue weighted by molar-refractivity contribution is 5.78. The van der Waals surface area contributed by atoms with E-state index in [0.29, 0.717) is 6.54 Å². The molecule has 5 nitrogen and oxygen atoms in total. The van der Waals surface area contributed by atoms with Crippen LogP contribution in [0.25, 0.3) is 0 Å². The molecule has 0 saturated carbocycles. The number of rotatable bonds is 6. The van der Waals surface area contributed by atoms with Crippen molar-refractivity contribution in [2.24, 2.45) is 0 Å². The zero-order chi connectivity index (χ0) is 15.1. The molecule has 0 unspecified atom stereocenters. The number of carbonyl (C=O) groups excluding carboxylic acids is 1. The maximum atomic E-state index is 12.4. The molecule has 20 heavy (non-hydrogen) atoms. The van der Waals surface area contributed by atoms with Crippen molar-refractivity contribution in [3.63, 3.8) is 0 Å². The first-order chi connectivity index (χ1) is 9.45. The number of carbonyl (C=O) groups is 1. The van der Waals surface area contributed by atoms with Gasteiger partial charge in [0.05, 0.1) is 13.2 Å². The number of nitrogens with zero attached hydrogens (tertiary/aromatic N) is 3. The number of aliphatic hydroxyl groups is 1. The Labute approximate surface area is 123 Å². The third kappa shape index (κ3) is 5.38. The minimum Gasteiger partial charge on any atom is -0.395 e. The van der Waals surface area contributed by atoms with Crippen LogP contribution >= 0.6 is 0 Å². The lowest BCUT2D eigenvalue weighted by molar-refractivity contribution is -0.136. The molecule has 0 aliphatic carbocycles. The molecule has 1 fully saturated rings. The van der Waals surface area contributed by atoms with Crippen LogP contribution in [0.1, 0.15) is 34.1 Å². The molecule has 0 spiro atoms. The van der Waals surface area contributed by atoms with Gasteiger partial charge < -0.3 is 10.0 Å². The second kappa shape index (κ2) is 8.60. The normalized spacial score (nSPS) is 18.6. The summed E-state index contributed by atoms with van der Waals surface area (Å²) in [6.45, 7) is 13.6. The SMILES string of the molecule is CC(C)N(C(=O)CN1CCCN(CCO)CC1)C(C)C. The maximum absolute atomic E-state index is 12.4. The first-order valence-electron chi connectivity index (χ1n) is 7.82. The highest BCUT2D eigenvalue weighted by atomic mass is 16.3. The number of hydrogen-bond acceptors (Lipinski definition) is 4. The van der Waals surface area contributed by atoms with E-state index in [1.807, 2.05) is 4.90 Å². The number of amides is 1.